The van der Waals surface area contributed by atoms with Gasteiger partial charge in [0.15, 0.2) is 23.1 Å². The third-order valence-corrected chi connectivity index (χ3v) is 9.00. The van der Waals surface area contributed by atoms with E-state index in [4.69, 9.17) is 26.2 Å². The van der Waals surface area contributed by atoms with E-state index in [1.807, 2.05) is 36.4 Å². The molecule has 41 heavy (non-hydrogen) atoms. The lowest BCUT2D eigenvalue weighted by atomic mass is 10.0. The molecule has 1 aromatic heterocycles. The minimum atomic E-state index is -1.05. The van der Waals surface area contributed by atoms with Crippen molar-refractivity contribution in [3.05, 3.63) is 64.2 Å². The zero-order valence-corrected chi connectivity index (χ0v) is 24.3. The Labute approximate surface area is 246 Å². The first-order valence-electron chi connectivity index (χ1n) is 13.4. The van der Waals surface area contributed by atoms with Crippen molar-refractivity contribution in [1.29, 1.82) is 0 Å². The first-order valence-corrected chi connectivity index (χ1v) is 14.7. The van der Waals surface area contributed by atoms with E-state index in [-0.39, 0.29) is 48.0 Å². The van der Waals surface area contributed by atoms with Crippen LogP contribution >= 0.6 is 23.4 Å². The maximum atomic E-state index is 12.8. The number of rotatable bonds is 12. The van der Waals surface area contributed by atoms with Crippen LogP contribution in [0, 0.1) is 0 Å². The number of carboxylic acids is 1. The molecule has 2 heterocycles. The van der Waals surface area contributed by atoms with Gasteiger partial charge in [-0.25, -0.2) is 0 Å². The number of benzene rings is 2. The van der Waals surface area contributed by atoms with Gasteiger partial charge in [-0.2, -0.15) is 0 Å². The van der Waals surface area contributed by atoms with Crippen LogP contribution in [0.15, 0.2) is 36.4 Å². The van der Waals surface area contributed by atoms with Crippen LogP contribution < -0.4 is 14.8 Å². The fraction of sp³-hybridized carbons (Fsp3) is 0.414. The molecule has 1 aliphatic carbocycles. The van der Waals surface area contributed by atoms with Crippen molar-refractivity contribution in [2.24, 2.45) is 0 Å². The molecule has 1 aliphatic heterocycles. The molecule has 0 unspecified atom stereocenters. The molecule has 1 amide bonds. The van der Waals surface area contributed by atoms with Gasteiger partial charge in [0, 0.05) is 29.3 Å². The lowest BCUT2D eigenvalue weighted by Crippen LogP contribution is -2.29. The Hall–Kier alpha value is -3.57. The second-order valence-electron chi connectivity index (χ2n) is 10.1. The average Bonchev–Trinajstić information content (AvgIpc) is 3.74. The molecule has 2 atom stereocenters. The minimum absolute atomic E-state index is 0.119. The van der Waals surface area contributed by atoms with Crippen LogP contribution in [-0.4, -0.2) is 58.3 Å². The third kappa shape index (κ3) is 6.36. The molecule has 216 valence electrons. The standard InChI is InChI=1S/C29H31ClN4O6S/c1-39-22-5-3-4-19(26(22)40-2)27-20-14-17(30)8-10-21(20)34-28(16-6-7-16)32-33-29(34)23(41-27)11-12-24(36)31-15-18(35)9-13-25(37)38/h3-5,8,10,14,16,23,27H,6-7,9,11-13,15H2,1-2H3,(H,31,36)(H,37,38)/t23-,27-/m1/s1. The van der Waals surface area contributed by atoms with Crippen molar-refractivity contribution in [2.75, 3.05) is 20.8 Å². The lowest BCUT2D eigenvalue weighted by molar-refractivity contribution is -0.138. The number of fused-ring (bicyclic) bond motifs is 3. The maximum Gasteiger partial charge on any atom is 0.303 e. The van der Waals surface area contributed by atoms with Crippen molar-refractivity contribution in [3.63, 3.8) is 0 Å². The number of aliphatic carboxylic acids is 1. The summed E-state index contributed by atoms with van der Waals surface area (Å²) in [4.78, 5) is 35.5. The number of carboxylic acid groups (broad SMARTS) is 1. The number of aromatic nitrogens is 3. The van der Waals surface area contributed by atoms with Gasteiger partial charge in [-0.05, 0) is 49.1 Å². The van der Waals surface area contributed by atoms with Crippen LogP contribution in [0.4, 0.5) is 0 Å². The molecule has 2 N–H and O–H groups in total. The summed E-state index contributed by atoms with van der Waals surface area (Å²) in [6.45, 7) is -0.195. The van der Waals surface area contributed by atoms with Gasteiger partial charge in [0.25, 0.3) is 0 Å². The highest BCUT2D eigenvalue weighted by Gasteiger charge is 2.38. The van der Waals surface area contributed by atoms with Crippen LogP contribution in [0.2, 0.25) is 5.02 Å². The van der Waals surface area contributed by atoms with Gasteiger partial charge in [0.2, 0.25) is 5.91 Å². The van der Waals surface area contributed by atoms with Gasteiger partial charge in [-0.1, -0.05) is 23.7 Å². The van der Waals surface area contributed by atoms with E-state index in [2.05, 4.69) is 20.1 Å². The van der Waals surface area contributed by atoms with E-state index in [0.29, 0.717) is 28.9 Å². The molecule has 0 radical (unpaired) electrons. The predicted octanol–water partition coefficient (Wildman–Crippen LogP) is 5.02. The summed E-state index contributed by atoms with van der Waals surface area (Å²) < 4.78 is 13.5. The molecule has 12 heteroatoms. The van der Waals surface area contributed by atoms with E-state index >= 15 is 0 Å². The van der Waals surface area contributed by atoms with Gasteiger partial charge in [0.05, 0.1) is 43.4 Å². The molecule has 0 bridgehead atoms. The Morgan fingerprint density at radius 2 is 1.83 bits per heavy atom. The summed E-state index contributed by atoms with van der Waals surface area (Å²) in [5.74, 6) is 1.56. The summed E-state index contributed by atoms with van der Waals surface area (Å²) in [7, 11) is 3.21. The number of hydrogen-bond donors (Lipinski definition) is 2. The quantitative estimate of drug-likeness (QED) is 0.295. The van der Waals surface area contributed by atoms with E-state index in [1.54, 1.807) is 26.0 Å². The second kappa shape index (κ2) is 12.5. The fourth-order valence-corrected chi connectivity index (χ4v) is 6.75. The number of carbonyl (C=O) groups excluding carboxylic acids is 2. The smallest absolute Gasteiger partial charge is 0.303 e. The van der Waals surface area contributed by atoms with E-state index < -0.39 is 5.97 Å². The number of hydrogen-bond acceptors (Lipinski definition) is 8. The van der Waals surface area contributed by atoms with Crippen LogP contribution in [0.25, 0.3) is 5.69 Å². The van der Waals surface area contributed by atoms with Crippen LogP contribution in [0.1, 0.15) is 77.7 Å². The molecule has 1 fully saturated rings. The summed E-state index contributed by atoms with van der Waals surface area (Å²) in [5, 5.41) is 20.8. The fourth-order valence-electron chi connectivity index (χ4n) is 5.05. The number of halogens is 1. The molecule has 0 spiro atoms. The number of methoxy groups -OCH3 is 2. The summed E-state index contributed by atoms with van der Waals surface area (Å²) in [6, 6.07) is 11.6. The minimum Gasteiger partial charge on any atom is -0.493 e. The van der Waals surface area contributed by atoms with Gasteiger partial charge in [0.1, 0.15) is 5.82 Å². The predicted molar refractivity (Wildman–Crippen MR) is 154 cm³/mol. The van der Waals surface area contributed by atoms with Crippen LogP contribution in [-0.2, 0) is 14.4 Å². The number of Topliss-reactive ketones (excluding diaryl/α,β-unsaturated/α-hetero) is 1. The van der Waals surface area contributed by atoms with E-state index in [9.17, 15) is 14.4 Å². The highest BCUT2D eigenvalue weighted by molar-refractivity contribution is 8.00. The molecular formula is C29H31ClN4O6S. The summed E-state index contributed by atoms with van der Waals surface area (Å²) in [5.41, 5.74) is 2.83. The van der Waals surface area contributed by atoms with Gasteiger partial charge in [-0.3, -0.25) is 19.0 Å². The van der Waals surface area contributed by atoms with Gasteiger partial charge >= 0.3 is 5.97 Å². The molecule has 2 aliphatic rings. The van der Waals surface area contributed by atoms with E-state index in [0.717, 1.165) is 41.3 Å². The zero-order valence-electron chi connectivity index (χ0n) is 22.8. The van der Waals surface area contributed by atoms with Crippen molar-refractivity contribution >= 4 is 41.0 Å². The number of carbonyl (C=O) groups is 3. The zero-order chi connectivity index (χ0) is 29.1. The highest BCUT2D eigenvalue weighted by atomic mass is 35.5. The molecule has 2 aromatic carbocycles. The number of amides is 1. The lowest BCUT2D eigenvalue weighted by Gasteiger charge is -2.24. The monoisotopic (exact) mass is 598 g/mol. The maximum absolute atomic E-state index is 12.8. The number of ether oxygens (including phenoxy) is 2. The van der Waals surface area contributed by atoms with Crippen molar-refractivity contribution in [3.8, 4) is 17.2 Å². The number of nitrogens with one attached hydrogen (secondary N) is 1. The first-order chi connectivity index (χ1) is 19.8. The molecule has 3 aromatic rings. The molecule has 0 saturated heterocycles. The Bertz CT molecular complexity index is 1470. The molecular weight excluding hydrogens is 568 g/mol. The highest BCUT2D eigenvalue weighted by Crippen LogP contribution is 2.55. The van der Waals surface area contributed by atoms with Crippen molar-refractivity contribution in [2.45, 2.75) is 54.9 Å². The molecule has 5 rings (SSSR count). The van der Waals surface area contributed by atoms with Gasteiger partial charge in [-0.15, -0.1) is 22.0 Å². The van der Waals surface area contributed by atoms with Crippen LogP contribution in [0.5, 0.6) is 11.5 Å². The third-order valence-electron chi connectivity index (χ3n) is 7.21. The summed E-state index contributed by atoms with van der Waals surface area (Å²) in [6.07, 6.45) is 2.30. The molecule has 10 nitrogen and oxygen atoms in total. The Morgan fingerprint density at radius 1 is 1.05 bits per heavy atom. The largest absolute Gasteiger partial charge is 0.493 e. The second-order valence-corrected chi connectivity index (χ2v) is 11.8. The Morgan fingerprint density at radius 3 is 2.54 bits per heavy atom. The number of para-hydroxylation sites is 1. The number of nitrogens with zero attached hydrogens (tertiary/aromatic N) is 3. The Kier molecular flexibility index (Phi) is 8.84. The van der Waals surface area contributed by atoms with Crippen molar-refractivity contribution in [1.82, 2.24) is 20.1 Å². The number of ketones is 1. The van der Waals surface area contributed by atoms with E-state index in [1.165, 1.54) is 0 Å². The molecule has 1 saturated carbocycles. The van der Waals surface area contributed by atoms with Crippen LogP contribution in [0.3, 0.4) is 0 Å². The van der Waals surface area contributed by atoms with Crippen molar-refractivity contribution < 1.29 is 29.0 Å². The topological polar surface area (TPSA) is 133 Å². The normalized spacial score (nSPS) is 17.6. The SMILES string of the molecule is COc1cccc([C@H]2S[C@H](CCC(=O)NCC(=O)CCC(=O)O)c3nnc(C4CC4)n3-c3ccc(Cl)cc32)c1OC. The Balaban J connectivity index is 1.48. The average molecular weight is 599 g/mol. The summed E-state index contributed by atoms with van der Waals surface area (Å²) >= 11 is 8.19. The van der Waals surface area contributed by atoms with Gasteiger partial charge < -0.3 is 19.9 Å². The number of thioether (sulfide) groups is 1. The first kappa shape index (κ1) is 28.9.